The molecule has 8 bridgehead atoms. The van der Waals surface area contributed by atoms with Crippen LogP contribution < -0.4 is 0 Å². The number of rotatable bonds is 6. The van der Waals surface area contributed by atoms with Gasteiger partial charge in [0.25, 0.3) is 0 Å². The summed E-state index contributed by atoms with van der Waals surface area (Å²) in [6.07, 6.45) is 18.2. The molecule has 8 aliphatic carbocycles. The molecule has 8 aliphatic rings. The van der Waals surface area contributed by atoms with Crippen molar-refractivity contribution in [2.45, 2.75) is 87.9 Å². The topological polar surface area (TPSA) is 25.8 Å². The van der Waals surface area contributed by atoms with Crippen LogP contribution in [0.15, 0.2) is 140 Å². The standard InChI is InChI=1S/C58H51ClN2/c59-48-28-46(51-7-3-1-5-49(51)40-11-15-57(60-32-40)38-9-13-53-42-19-34-17-35(20-42)24-44(23-34)55(53)30-38)27-47(29-48)52-8-4-2-6-50(52)41-12-16-58(61-33-41)39-10-14-54-43-21-36-18-37(22-43)26-45(25-36)56(54)31-39/h1-16,27-37,42-45H,17-26H2. The summed E-state index contributed by atoms with van der Waals surface area (Å²) in [5.74, 6) is 6.68. The van der Waals surface area contributed by atoms with Gasteiger partial charge in [-0.3, -0.25) is 9.97 Å². The lowest BCUT2D eigenvalue weighted by Gasteiger charge is -2.38. The average Bonchev–Trinajstić information content (AvgIpc) is 3.58. The molecule has 4 fully saturated rings. The Kier molecular flexibility index (Phi) is 8.57. The third kappa shape index (κ3) is 6.35. The average molecular weight is 812 g/mol. The summed E-state index contributed by atoms with van der Waals surface area (Å²) >= 11 is 7.01. The summed E-state index contributed by atoms with van der Waals surface area (Å²) < 4.78 is 0. The fraction of sp³-hybridized carbons (Fsp3) is 0.310. The van der Waals surface area contributed by atoms with E-state index in [1.807, 2.05) is 0 Å². The van der Waals surface area contributed by atoms with Crippen LogP contribution in [0.1, 0.15) is 110 Å². The summed E-state index contributed by atoms with van der Waals surface area (Å²) in [4.78, 5) is 10.2. The first-order valence-corrected chi connectivity index (χ1v) is 23.6. The van der Waals surface area contributed by atoms with Crippen LogP contribution in [-0.2, 0) is 0 Å². The summed E-state index contributed by atoms with van der Waals surface area (Å²) in [5.41, 5.74) is 20.1. The Morgan fingerprint density at radius 3 is 1.07 bits per heavy atom. The van der Waals surface area contributed by atoms with E-state index in [1.165, 1.54) is 75.3 Å². The molecule has 3 heteroatoms. The summed E-state index contributed by atoms with van der Waals surface area (Å²) in [5, 5.41) is 0.717. The molecule has 7 aromatic rings. The van der Waals surface area contributed by atoms with Crippen LogP contribution in [0.25, 0.3) is 67.0 Å². The summed E-state index contributed by atoms with van der Waals surface area (Å²) in [7, 11) is 0. The highest BCUT2D eigenvalue weighted by Crippen LogP contribution is 2.58. The largest absolute Gasteiger partial charge is 0.256 e. The van der Waals surface area contributed by atoms with Gasteiger partial charge in [-0.1, -0.05) is 96.5 Å². The van der Waals surface area contributed by atoms with Crippen molar-refractivity contribution in [2.75, 3.05) is 0 Å². The van der Waals surface area contributed by atoms with Gasteiger partial charge in [-0.2, -0.15) is 0 Å². The molecule has 4 unspecified atom stereocenters. The van der Waals surface area contributed by atoms with Gasteiger partial charge in [0, 0.05) is 39.7 Å². The Bertz CT molecular complexity index is 2620. The Balaban J connectivity index is 0.793. The van der Waals surface area contributed by atoms with Crippen molar-refractivity contribution in [3.63, 3.8) is 0 Å². The molecular formula is C58H51ClN2. The van der Waals surface area contributed by atoms with Crippen molar-refractivity contribution in [2.24, 2.45) is 23.7 Å². The van der Waals surface area contributed by atoms with Crippen molar-refractivity contribution in [1.82, 2.24) is 9.97 Å². The van der Waals surface area contributed by atoms with Crippen LogP contribution in [0.2, 0.25) is 5.02 Å². The fourth-order valence-corrected chi connectivity index (χ4v) is 14.2. The van der Waals surface area contributed by atoms with Gasteiger partial charge < -0.3 is 0 Å². The molecule has 61 heavy (non-hydrogen) atoms. The summed E-state index contributed by atoms with van der Waals surface area (Å²) in [6, 6.07) is 47.3. The SMILES string of the molecule is Clc1cc(-c2ccccc2-c2ccc(-c3ccc4c(c3)C3CC5CC(CC4C5)C3)nc2)cc(-c2ccccc2-c2ccc(-c3ccc4c(c3)C3CC5CC(CC4C5)C3)nc2)c1. The third-order valence-corrected chi connectivity index (χ3v) is 16.5. The van der Waals surface area contributed by atoms with Gasteiger partial charge in [0.05, 0.1) is 11.4 Å². The van der Waals surface area contributed by atoms with E-state index in [1.54, 1.807) is 22.3 Å². The van der Waals surface area contributed by atoms with E-state index < -0.39 is 0 Å². The number of nitrogens with zero attached hydrogens (tertiary/aromatic N) is 2. The van der Waals surface area contributed by atoms with Gasteiger partial charge >= 0.3 is 0 Å². The Morgan fingerprint density at radius 1 is 0.328 bits per heavy atom. The second kappa shape index (κ2) is 14.4. The minimum Gasteiger partial charge on any atom is -0.256 e. The lowest BCUT2D eigenvalue weighted by molar-refractivity contribution is 0.165. The van der Waals surface area contributed by atoms with E-state index in [0.29, 0.717) is 5.02 Å². The lowest BCUT2D eigenvalue weighted by atomic mass is 9.67. The zero-order chi connectivity index (χ0) is 40.2. The highest BCUT2D eigenvalue weighted by atomic mass is 35.5. The van der Waals surface area contributed by atoms with Crippen LogP contribution in [0.3, 0.4) is 0 Å². The van der Waals surface area contributed by atoms with Crippen LogP contribution in [0, 0.1) is 23.7 Å². The van der Waals surface area contributed by atoms with Gasteiger partial charge in [-0.15, -0.1) is 0 Å². The molecule has 15 rings (SSSR count). The Morgan fingerprint density at radius 2 is 0.689 bits per heavy atom. The van der Waals surface area contributed by atoms with Crippen molar-refractivity contribution >= 4 is 11.6 Å². The number of aromatic nitrogens is 2. The molecule has 2 nitrogen and oxygen atoms in total. The van der Waals surface area contributed by atoms with Crippen molar-refractivity contribution < 1.29 is 0 Å². The third-order valence-electron chi connectivity index (χ3n) is 16.3. The van der Waals surface area contributed by atoms with E-state index in [-0.39, 0.29) is 0 Å². The highest BCUT2D eigenvalue weighted by Gasteiger charge is 2.43. The van der Waals surface area contributed by atoms with Gasteiger partial charge in [0.1, 0.15) is 0 Å². The molecule has 0 N–H and O–H groups in total. The number of pyridine rings is 2. The van der Waals surface area contributed by atoms with E-state index in [0.717, 1.165) is 103 Å². The monoisotopic (exact) mass is 810 g/mol. The van der Waals surface area contributed by atoms with E-state index in [2.05, 4.69) is 140 Å². The predicted molar refractivity (Wildman–Crippen MR) is 251 cm³/mol. The molecule has 2 aromatic heterocycles. The maximum Gasteiger partial charge on any atom is 0.0702 e. The molecule has 300 valence electrons. The first-order valence-electron chi connectivity index (χ1n) is 23.2. The zero-order valence-corrected chi connectivity index (χ0v) is 35.5. The maximum atomic E-state index is 7.01. The minimum absolute atomic E-state index is 0.717. The minimum atomic E-state index is 0.717. The van der Waals surface area contributed by atoms with Crippen LogP contribution in [-0.4, -0.2) is 9.97 Å². The van der Waals surface area contributed by atoms with Gasteiger partial charge in [0.15, 0.2) is 0 Å². The van der Waals surface area contributed by atoms with Crippen molar-refractivity contribution in [1.29, 1.82) is 0 Å². The Labute approximate surface area is 365 Å². The van der Waals surface area contributed by atoms with Crippen LogP contribution in [0.4, 0.5) is 0 Å². The fourth-order valence-electron chi connectivity index (χ4n) is 14.0. The van der Waals surface area contributed by atoms with Crippen molar-refractivity contribution in [3.8, 4) is 67.0 Å². The van der Waals surface area contributed by atoms with Gasteiger partial charge in [0.2, 0.25) is 0 Å². The summed E-state index contributed by atoms with van der Waals surface area (Å²) in [6.45, 7) is 0. The molecule has 5 aromatic carbocycles. The first-order chi connectivity index (χ1) is 30.0. The second-order valence-corrected chi connectivity index (χ2v) is 20.4. The van der Waals surface area contributed by atoms with Crippen LogP contribution >= 0.6 is 11.6 Å². The Hall–Kier alpha value is -5.31. The molecule has 0 spiro atoms. The van der Waals surface area contributed by atoms with E-state index >= 15 is 0 Å². The smallest absolute Gasteiger partial charge is 0.0702 e. The van der Waals surface area contributed by atoms with Crippen LogP contribution in [0.5, 0.6) is 0 Å². The van der Waals surface area contributed by atoms with E-state index in [4.69, 9.17) is 21.6 Å². The molecule has 4 atom stereocenters. The molecule has 0 aliphatic heterocycles. The number of hydrogen-bond acceptors (Lipinski definition) is 2. The number of hydrogen-bond donors (Lipinski definition) is 0. The lowest BCUT2D eigenvalue weighted by Crippen LogP contribution is -2.25. The number of benzene rings is 5. The maximum absolute atomic E-state index is 7.01. The van der Waals surface area contributed by atoms with Gasteiger partial charge in [-0.25, -0.2) is 0 Å². The molecule has 4 saturated carbocycles. The first kappa shape index (κ1) is 36.4. The molecule has 0 amide bonds. The quantitative estimate of drug-likeness (QED) is 0.167. The van der Waals surface area contributed by atoms with E-state index in [9.17, 15) is 0 Å². The molecular weight excluding hydrogens is 760 g/mol. The molecule has 2 heterocycles. The van der Waals surface area contributed by atoms with Gasteiger partial charge in [-0.05, 0) is 210 Å². The van der Waals surface area contributed by atoms with Crippen molar-refractivity contribution in [3.05, 3.63) is 167 Å². The predicted octanol–water partition coefficient (Wildman–Crippen LogP) is 15.9. The highest BCUT2D eigenvalue weighted by molar-refractivity contribution is 6.31. The normalized spacial score (nSPS) is 26.4. The molecule has 0 saturated heterocycles. The number of halogens is 1. The second-order valence-electron chi connectivity index (χ2n) is 20.0. The zero-order valence-electron chi connectivity index (χ0n) is 34.7. The molecule has 0 radical (unpaired) electrons.